The van der Waals surface area contributed by atoms with Gasteiger partial charge in [0.25, 0.3) is 11.5 Å². The number of hydrogen-bond acceptors (Lipinski definition) is 3. The fraction of sp³-hybridized carbons (Fsp3) is 0.130. The van der Waals surface area contributed by atoms with Crippen molar-refractivity contribution in [2.45, 2.75) is 18.2 Å². The van der Waals surface area contributed by atoms with Crippen LogP contribution in [0.3, 0.4) is 0 Å². The van der Waals surface area contributed by atoms with Crippen molar-refractivity contribution in [2.24, 2.45) is 5.16 Å². The lowest BCUT2D eigenvalue weighted by Crippen LogP contribution is -2.42. The molecule has 0 radical (unpaired) electrons. The van der Waals surface area contributed by atoms with Crippen molar-refractivity contribution in [2.75, 3.05) is 5.32 Å². The first kappa shape index (κ1) is 23.4. The first-order valence-electron chi connectivity index (χ1n) is 9.54. The largest absolute Gasteiger partial charge is 0.435 e. The fourth-order valence-corrected chi connectivity index (χ4v) is 4.21. The van der Waals surface area contributed by atoms with Gasteiger partial charge in [-0.25, -0.2) is 0 Å². The first-order valence-corrected chi connectivity index (χ1v) is 10.7. The lowest BCUT2D eigenvalue weighted by atomic mass is 9.86. The topological polar surface area (TPSA) is 50.7 Å². The zero-order valence-electron chi connectivity index (χ0n) is 16.6. The number of benzene rings is 3. The summed E-state index contributed by atoms with van der Waals surface area (Å²) < 4.78 is 42.5. The minimum absolute atomic E-state index is 0.0439. The maximum absolute atomic E-state index is 14.2. The number of oxime groups is 1. The first-order chi connectivity index (χ1) is 15.6. The van der Waals surface area contributed by atoms with Crippen molar-refractivity contribution in [1.29, 1.82) is 0 Å². The molecule has 0 aliphatic carbocycles. The van der Waals surface area contributed by atoms with Gasteiger partial charge < -0.3 is 10.2 Å². The van der Waals surface area contributed by atoms with E-state index in [-0.39, 0.29) is 31.9 Å². The van der Waals surface area contributed by atoms with E-state index in [9.17, 15) is 18.0 Å². The molecule has 1 aliphatic rings. The number of alkyl halides is 3. The lowest BCUT2D eigenvalue weighted by Gasteiger charge is -2.29. The van der Waals surface area contributed by atoms with Crippen LogP contribution in [0.15, 0.2) is 71.9 Å². The molecule has 0 aromatic heterocycles. The summed E-state index contributed by atoms with van der Waals surface area (Å²) in [7, 11) is 0. The molecule has 1 N–H and O–H groups in total. The molecule has 4 rings (SSSR count). The van der Waals surface area contributed by atoms with Crippen molar-refractivity contribution in [3.63, 3.8) is 0 Å². The summed E-state index contributed by atoms with van der Waals surface area (Å²) in [6, 6.07) is 16.4. The third-order valence-corrected chi connectivity index (χ3v) is 5.85. The van der Waals surface area contributed by atoms with Gasteiger partial charge in [0.1, 0.15) is 0 Å². The number of rotatable bonds is 4. The quantitative estimate of drug-likeness (QED) is 0.393. The number of hydrogen-bond donors (Lipinski definition) is 1. The van der Waals surface area contributed by atoms with Crippen LogP contribution < -0.4 is 5.32 Å². The van der Waals surface area contributed by atoms with Crippen LogP contribution in [0.25, 0.3) is 0 Å². The molecule has 0 saturated carbocycles. The Labute approximate surface area is 201 Å². The summed E-state index contributed by atoms with van der Waals surface area (Å²) in [6.45, 7) is 0. The molecule has 10 heteroatoms. The Morgan fingerprint density at radius 1 is 0.970 bits per heavy atom. The van der Waals surface area contributed by atoms with Crippen LogP contribution in [-0.4, -0.2) is 17.8 Å². The second-order valence-electron chi connectivity index (χ2n) is 7.30. The standard InChI is InChI=1S/C23H14Cl3F3N2O2/c24-15-9-14(10-16(25)11-15)22(23(27,28)29)12-20(31-33-22)13-4-3-5-17(8-13)30-21(32)18-6-1-2-7-19(18)26/h1-11H,12H2,(H,30,32). The highest BCUT2D eigenvalue weighted by molar-refractivity contribution is 6.35. The minimum Gasteiger partial charge on any atom is -0.374 e. The third-order valence-electron chi connectivity index (χ3n) is 5.09. The molecule has 0 fully saturated rings. The van der Waals surface area contributed by atoms with Crippen molar-refractivity contribution in [1.82, 2.24) is 0 Å². The number of anilines is 1. The van der Waals surface area contributed by atoms with Gasteiger partial charge in [0, 0.05) is 33.3 Å². The maximum atomic E-state index is 14.2. The Kier molecular flexibility index (Phi) is 6.31. The predicted octanol–water partition coefficient (Wildman–Crippen LogP) is 7.48. The molecule has 1 amide bonds. The highest BCUT2D eigenvalue weighted by Crippen LogP contribution is 2.49. The molecule has 0 spiro atoms. The number of carbonyl (C=O) groups is 1. The van der Waals surface area contributed by atoms with E-state index in [4.69, 9.17) is 39.6 Å². The molecule has 33 heavy (non-hydrogen) atoms. The molecule has 1 aliphatic heterocycles. The summed E-state index contributed by atoms with van der Waals surface area (Å²) >= 11 is 17.9. The zero-order valence-corrected chi connectivity index (χ0v) is 18.9. The molecule has 0 bridgehead atoms. The van der Waals surface area contributed by atoms with E-state index in [2.05, 4.69) is 10.5 Å². The van der Waals surface area contributed by atoms with Gasteiger partial charge in [-0.3, -0.25) is 4.79 Å². The maximum Gasteiger partial charge on any atom is 0.435 e. The lowest BCUT2D eigenvalue weighted by molar-refractivity contribution is -0.275. The van der Waals surface area contributed by atoms with Crippen LogP contribution in [-0.2, 0) is 10.4 Å². The van der Waals surface area contributed by atoms with Crippen LogP contribution in [0.2, 0.25) is 15.1 Å². The van der Waals surface area contributed by atoms with Crippen molar-refractivity contribution >= 4 is 52.1 Å². The molecule has 1 heterocycles. The van der Waals surface area contributed by atoms with E-state index in [0.29, 0.717) is 11.3 Å². The molecule has 1 atom stereocenters. The van der Waals surface area contributed by atoms with Crippen LogP contribution in [0.1, 0.15) is 27.9 Å². The van der Waals surface area contributed by atoms with Crippen LogP contribution in [0.5, 0.6) is 0 Å². The van der Waals surface area contributed by atoms with Gasteiger partial charge in [0.05, 0.1) is 16.3 Å². The number of nitrogens with one attached hydrogen (secondary N) is 1. The van der Waals surface area contributed by atoms with Gasteiger partial charge in [-0.2, -0.15) is 13.2 Å². The minimum atomic E-state index is -4.80. The number of amides is 1. The Morgan fingerprint density at radius 2 is 1.67 bits per heavy atom. The Morgan fingerprint density at radius 3 is 2.33 bits per heavy atom. The summed E-state index contributed by atoms with van der Waals surface area (Å²) in [5.41, 5.74) is -1.97. The fourth-order valence-electron chi connectivity index (χ4n) is 3.47. The van der Waals surface area contributed by atoms with Crippen molar-refractivity contribution < 1.29 is 22.8 Å². The summed E-state index contributed by atoms with van der Waals surface area (Å²) in [5.74, 6) is -0.458. The molecule has 0 saturated heterocycles. The third kappa shape index (κ3) is 4.67. The molecule has 3 aromatic carbocycles. The van der Waals surface area contributed by atoms with Crippen molar-refractivity contribution in [3.05, 3.63) is 98.5 Å². The summed E-state index contributed by atoms with van der Waals surface area (Å²) in [4.78, 5) is 17.5. The molecule has 3 aromatic rings. The van der Waals surface area contributed by atoms with Gasteiger partial charge in [0.15, 0.2) is 0 Å². The second-order valence-corrected chi connectivity index (χ2v) is 8.58. The van der Waals surface area contributed by atoms with Crippen LogP contribution >= 0.6 is 34.8 Å². The van der Waals surface area contributed by atoms with E-state index >= 15 is 0 Å². The van der Waals surface area contributed by atoms with E-state index in [1.165, 1.54) is 12.1 Å². The van der Waals surface area contributed by atoms with E-state index in [1.54, 1.807) is 42.5 Å². The van der Waals surface area contributed by atoms with Crippen LogP contribution in [0.4, 0.5) is 18.9 Å². The molecular weight excluding hydrogens is 500 g/mol. The molecule has 170 valence electrons. The van der Waals surface area contributed by atoms with E-state index in [0.717, 1.165) is 12.1 Å². The van der Waals surface area contributed by atoms with E-state index in [1.807, 2.05) is 0 Å². The molecule has 4 nitrogen and oxygen atoms in total. The smallest absolute Gasteiger partial charge is 0.374 e. The number of halogens is 6. The monoisotopic (exact) mass is 512 g/mol. The number of nitrogens with zero attached hydrogens (tertiary/aromatic N) is 1. The molecule has 1 unspecified atom stereocenters. The van der Waals surface area contributed by atoms with Crippen molar-refractivity contribution in [3.8, 4) is 0 Å². The van der Waals surface area contributed by atoms with Gasteiger partial charge >= 0.3 is 6.18 Å². The number of carbonyl (C=O) groups excluding carboxylic acids is 1. The molecular formula is C23H14Cl3F3N2O2. The Hall–Kier alpha value is -2.74. The normalized spacial score (nSPS) is 17.9. The SMILES string of the molecule is O=C(Nc1cccc(C2=NOC(c3cc(Cl)cc(Cl)c3)(C(F)(F)F)C2)c1)c1ccccc1Cl. The highest BCUT2D eigenvalue weighted by atomic mass is 35.5. The van der Waals surface area contributed by atoms with E-state index < -0.39 is 24.1 Å². The van der Waals surface area contributed by atoms with Gasteiger partial charge in [-0.05, 0) is 42.5 Å². The van der Waals surface area contributed by atoms with Gasteiger partial charge in [-0.15, -0.1) is 0 Å². The zero-order chi connectivity index (χ0) is 23.8. The average Bonchev–Trinajstić information content (AvgIpc) is 3.21. The van der Waals surface area contributed by atoms with Crippen LogP contribution in [0, 0.1) is 0 Å². The Balaban J connectivity index is 1.62. The average molecular weight is 514 g/mol. The Bertz CT molecular complexity index is 1240. The highest BCUT2D eigenvalue weighted by Gasteiger charge is 2.62. The summed E-state index contributed by atoms with van der Waals surface area (Å²) in [5, 5.41) is 6.78. The predicted molar refractivity (Wildman–Crippen MR) is 122 cm³/mol. The second kappa shape index (κ2) is 8.89. The summed E-state index contributed by atoms with van der Waals surface area (Å²) in [6.07, 6.45) is -5.41. The van der Waals surface area contributed by atoms with Gasteiger partial charge in [-0.1, -0.05) is 64.2 Å². The van der Waals surface area contributed by atoms with Gasteiger partial charge in [0.2, 0.25) is 0 Å².